The first-order valence-corrected chi connectivity index (χ1v) is 11.0. The highest BCUT2D eigenvalue weighted by Crippen LogP contribution is 2.22. The third-order valence-corrected chi connectivity index (χ3v) is 6.04. The van der Waals surface area contributed by atoms with Gasteiger partial charge in [0.25, 0.3) is 0 Å². The standard InChI is InChI=1S/C21H28N6O2S/c1-5-26(6-2)18(19-8-7-11-29-19)13-22-20(28)14-30-21-23-24-25-27(21)17-10-9-15(3)16(4)12-17/h7-12,18H,5-6,13-14H2,1-4H3,(H,22,28)/t18-/m0/s1. The van der Waals surface area contributed by atoms with E-state index in [0.717, 1.165) is 30.1 Å². The second kappa shape index (κ2) is 10.4. The number of hydrogen-bond acceptors (Lipinski definition) is 7. The number of amides is 1. The van der Waals surface area contributed by atoms with Gasteiger partial charge in [-0.15, -0.1) is 5.10 Å². The van der Waals surface area contributed by atoms with Crippen molar-refractivity contribution in [3.05, 3.63) is 53.5 Å². The molecule has 0 aliphatic carbocycles. The fourth-order valence-corrected chi connectivity index (χ4v) is 3.96. The molecule has 1 N–H and O–H groups in total. The topological polar surface area (TPSA) is 89.1 Å². The molecule has 0 aliphatic heterocycles. The van der Waals surface area contributed by atoms with Gasteiger partial charge in [-0.1, -0.05) is 31.7 Å². The Hall–Kier alpha value is -2.65. The third-order valence-electron chi connectivity index (χ3n) is 5.13. The summed E-state index contributed by atoms with van der Waals surface area (Å²) in [5, 5.41) is 15.5. The molecule has 2 aromatic heterocycles. The number of tetrazole rings is 1. The van der Waals surface area contributed by atoms with E-state index in [1.54, 1.807) is 10.9 Å². The molecule has 2 heterocycles. The summed E-state index contributed by atoms with van der Waals surface area (Å²) >= 11 is 1.31. The van der Waals surface area contributed by atoms with Crippen LogP contribution in [0.4, 0.5) is 0 Å². The monoisotopic (exact) mass is 428 g/mol. The van der Waals surface area contributed by atoms with Crippen LogP contribution in [-0.2, 0) is 4.79 Å². The molecule has 0 bridgehead atoms. The first-order valence-electron chi connectivity index (χ1n) is 10.1. The van der Waals surface area contributed by atoms with E-state index in [1.807, 2.05) is 30.3 Å². The Morgan fingerprint density at radius 2 is 2.03 bits per heavy atom. The molecule has 0 saturated carbocycles. The summed E-state index contributed by atoms with van der Waals surface area (Å²) in [4.78, 5) is 14.8. The van der Waals surface area contributed by atoms with Gasteiger partial charge >= 0.3 is 0 Å². The summed E-state index contributed by atoms with van der Waals surface area (Å²) in [5.74, 6) is 1.01. The lowest BCUT2D eigenvalue weighted by atomic mass is 10.1. The molecule has 0 aliphatic rings. The average molecular weight is 429 g/mol. The van der Waals surface area contributed by atoms with E-state index >= 15 is 0 Å². The average Bonchev–Trinajstić information content (AvgIpc) is 3.43. The lowest BCUT2D eigenvalue weighted by Gasteiger charge is -2.28. The molecule has 9 heteroatoms. The number of nitrogens with one attached hydrogen (secondary N) is 1. The van der Waals surface area contributed by atoms with Crippen molar-refractivity contribution in [2.75, 3.05) is 25.4 Å². The molecular weight excluding hydrogens is 400 g/mol. The van der Waals surface area contributed by atoms with Crippen LogP contribution in [0.3, 0.4) is 0 Å². The predicted octanol–water partition coefficient (Wildman–Crippen LogP) is 3.16. The third kappa shape index (κ3) is 5.28. The van der Waals surface area contributed by atoms with Crippen LogP contribution in [0.2, 0.25) is 0 Å². The van der Waals surface area contributed by atoms with Crippen molar-refractivity contribution in [1.82, 2.24) is 30.4 Å². The highest BCUT2D eigenvalue weighted by atomic mass is 32.2. The molecule has 0 unspecified atom stereocenters. The van der Waals surface area contributed by atoms with Crippen LogP contribution in [-0.4, -0.2) is 56.4 Å². The van der Waals surface area contributed by atoms with Gasteiger partial charge in [-0.25, -0.2) is 0 Å². The molecule has 0 radical (unpaired) electrons. The number of likely N-dealkylation sites (N-methyl/N-ethyl adjacent to an activating group) is 1. The summed E-state index contributed by atoms with van der Waals surface area (Å²) in [5.41, 5.74) is 3.25. The number of benzene rings is 1. The first-order chi connectivity index (χ1) is 14.5. The molecule has 1 atom stereocenters. The number of rotatable bonds is 10. The van der Waals surface area contributed by atoms with Crippen molar-refractivity contribution < 1.29 is 9.21 Å². The van der Waals surface area contributed by atoms with Gasteiger partial charge in [-0.05, 0) is 72.8 Å². The molecular formula is C21H28N6O2S. The molecule has 0 spiro atoms. The number of furan rings is 1. The second-order valence-electron chi connectivity index (χ2n) is 6.99. The van der Waals surface area contributed by atoms with Crippen LogP contribution in [0.15, 0.2) is 46.2 Å². The Kier molecular flexibility index (Phi) is 7.64. The fraction of sp³-hybridized carbons (Fsp3) is 0.429. The summed E-state index contributed by atoms with van der Waals surface area (Å²) < 4.78 is 7.24. The normalized spacial score (nSPS) is 12.3. The van der Waals surface area contributed by atoms with E-state index in [9.17, 15) is 4.79 Å². The summed E-state index contributed by atoms with van der Waals surface area (Å²) in [6, 6.07) is 9.87. The van der Waals surface area contributed by atoms with E-state index in [0.29, 0.717) is 11.7 Å². The second-order valence-corrected chi connectivity index (χ2v) is 7.93. The number of hydrogen-bond donors (Lipinski definition) is 1. The van der Waals surface area contributed by atoms with Crippen LogP contribution < -0.4 is 5.32 Å². The minimum atomic E-state index is -0.0710. The Morgan fingerprint density at radius 1 is 1.23 bits per heavy atom. The van der Waals surface area contributed by atoms with Crippen molar-refractivity contribution in [3.8, 4) is 5.69 Å². The molecule has 0 fully saturated rings. The maximum Gasteiger partial charge on any atom is 0.230 e. The molecule has 8 nitrogen and oxygen atoms in total. The minimum absolute atomic E-state index is 0.00445. The highest BCUT2D eigenvalue weighted by molar-refractivity contribution is 7.99. The lowest BCUT2D eigenvalue weighted by molar-refractivity contribution is -0.118. The Labute approximate surface area is 181 Å². The van der Waals surface area contributed by atoms with E-state index < -0.39 is 0 Å². The van der Waals surface area contributed by atoms with Gasteiger partial charge in [-0.2, -0.15) is 4.68 Å². The predicted molar refractivity (Wildman–Crippen MR) is 117 cm³/mol. The van der Waals surface area contributed by atoms with E-state index in [-0.39, 0.29) is 17.7 Å². The van der Waals surface area contributed by atoms with Gasteiger partial charge in [-0.3, -0.25) is 9.69 Å². The maximum atomic E-state index is 12.5. The van der Waals surface area contributed by atoms with Gasteiger partial charge in [0, 0.05) is 6.54 Å². The SMILES string of the molecule is CCN(CC)[C@@H](CNC(=O)CSc1nnnn1-c1ccc(C)c(C)c1)c1ccco1. The van der Waals surface area contributed by atoms with Crippen molar-refractivity contribution in [2.24, 2.45) is 0 Å². The summed E-state index contributed by atoms with van der Waals surface area (Å²) in [6.45, 7) is 10.5. The van der Waals surface area contributed by atoms with Gasteiger partial charge < -0.3 is 9.73 Å². The number of carbonyl (C=O) groups is 1. The largest absolute Gasteiger partial charge is 0.468 e. The molecule has 1 aromatic carbocycles. The zero-order chi connectivity index (χ0) is 21.5. The van der Waals surface area contributed by atoms with Gasteiger partial charge in [0.15, 0.2) is 0 Å². The number of aryl methyl sites for hydroxylation is 2. The smallest absolute Gasteiger partial charge is 0.230 e. The van der Waals surface area contributed by atoms with Crippen molar-refractivity contribution in [3.63, 3.8) is 0 Å². The number of aromatic nitrogens is 4. The van der Waals surface area contributed by atoms with Crippen LogP contribution in [0, 0.1) is 13.8 Å². The Morgan fingerprint density at radius 3 is 2.70 bits per heavy atom. The van der Waals surface area contributed by atoms with Crippen molar-refractivity contribution >= 4 is 17.7 Å². The fourth-order valence-electron chi connectivity index (χ4n) is 3.23. The van der Waals surface area contributed by atoms with Gasteiger partial charge in [0.05, 0.1) is 23.7 Å². The number of carbonyl (C=O) groups excluding carboxylic acids is 1. The minimum Gasteiger partial charge on any atom is -0.468 e. The van der Waals surface area contributed by atoms with Crippen LogP contribution in [0.5, 0.6) is 0 Å². The highest BCUT2D eigenvalue weighted by Gasteiger charge is 2.21. The first kappa shape index (κ1) is 22.0. The van der Waals surface area contributed by atoms with Crippen molar-refractivity contribution in [1.29, 1.82) is 0 Å². The number of nitrogens with zero attached hydrogens (tertiary/aromatic N) is 5. The van der Waals surface area contributed by atoms with Crippen LogP contribution in [0.25, 0.3) is 5.69 Å². The van der Waals surface area contributed by atoms with E-state index in [1.165, 1.54) is 17.3 Å². The van der Waals surface area contributed by atoms with Crippen LogP contribution in [0.1, 0.15) is 36.8 Å². The zero-order valence-corrected chi connectivity index (χ0v) is 18.6. The molecule has 3 rings (SSSR count). The van der Waals surface area contributed by atoms with Crippen LogP contribution >= 0.6 is 11.8 Å². The summed E-state index contributed by atoms with van der Waals surface area (Å²) in [7, 11) is 0. The van der Waals surface area contributed by atoms with E-state index in [4.69, 9.17) is 4.42 Å². The van der Waals surface area contributed by atoms with E-state index in [2.05, 4.69) is 53.4 Å². The van der Waals surface area contributed by atoms with Gasteiger partial charge in [0.2, 0.25) is 11.1 Å². The molecule has 1 amide bonds. The van der Waals surface area contributed by atoms with Crippen molar-refractivity contribution in [2.45, 2.75) is 38.9 Å². The molecule has 30 heavy (non-hydrogen) atoms. The Balaban J connectivity index is 1.60. The number of thioether (sulfide) groups is 1. The summed E-state index contributed by atoms with van der Waals surface area (Å²) in [6.07, 6.45) is 1.66. The van der Waals surface area contributed by atoms with Gasteiger partial charge in [0.1, 0.15) is 5.76 Å². The molecule has 0 saturated heterocycles. The quantitative estimate of drug-likeness (QED) is 0.496. The lowest BCUT2D eigenvalue weighted by Crippen LogP contribution is -2.38. The Bertz CT molecular complexity index is 952. The maximum absolute atomic E-state index is 12.5. The molecule has 3 aromatic rings. The zero-order valence-electron chi connectivity index (χ0n) is 17.8. The molecule has 160 valence electrons.